The van der Waals surface area contributed by atoms with Gasteiger partial charge in [0.15, 0.2) is 0 Å². The molecular weight excluding hydrogens is 442 g/mol. The summed E-state index contributed by atoms with van der Waals surface area (Å²) in [6.07, 6.45) is 0.759. The second-order valence-corrected chi connectivity index (χ2v) is 8.63. The predicted octanol–water partition coefficient (Wildman–Crippen LogP) is 3.52. The average molecular weight is 461 g/mol. The van der Waals surface area contributed by atoms with Crippen molar-refractivity contribution >= 4 is 28.2 Å². The highest BCUT2D eigenvalue weighted by Gasteiger charge is 2.28. The van der Waals surface area contributed by atoms with Crippen molar-refractivity contribution in [3.8, 4) is 0 Å². The van der Waals surface area contributed by atoms with E-state index in [1.807, 2.05) is 37.3 Å². The Labute approximate surface area is 192 Å². The van der Waals surface area contributed by atoms with Gasteiger partial charge < -0.3 is 9.47 Å². The maximum Gasteiger partial charge on any atom is 0.339 e. The number of hydrogen-bond acceptors (Lipinski definition) is 8. The lowest BCUT2D eigenvalue weighted by atomic mass is 9.93. The van der Waals surface area contributed by atoms with Crippen molar-refractivity contribution in [1.29, 1.82) is 0 Å². The van der Waals surface area contributed by atoms with E-state index in [-0.39, 0.29) is 12.2 Å². The highest BCUT2D eigenvalue weighted by molar-refractivity contribution is 7.16. The van der Waals surface area contributed by atoms with E-state index >= 15 is 0 Å². The summed E-state index contributed by atoms with van der Waals surface area (Å²) in [5, 5.41) is 5.01. The van der Waals surface area contributed by atoms with Gasteiger partial charge in [0, 0.05) is 12.5 Å². The molecule has 2 aromatic heterocycles. The smallest absolute Gasteiger partial charge is 0.339 e. The number of nitrogens with zero attached hydrogens (tertiary/aromatic N) is 3. The van der Waals surface area contributed by atoms with Crippen LogP contribution in [0.3, 0.4) is 0 Å². The van der Waals surface area contributed by atoms with Gasteiger partial charge in [0.05, 0.1) is 16.8 Å². The van der Waals surface area contributed by atoms with Gasteiger partial charge in [-0.3, -0.25) is 4.79 Å². The maximum atomic E-state index is 12.7. The third-order valence-electron chi connectivity index (χ3n) is 5.38. The van der Waals surface area contributed by atoms with Gasteiger partial charge in [-0.2, -0.15) is 9.61 Å². The van der Waals surface area contributed by atoms with Gasteiger partial charge in [-0.25, -0.2) is 14.6 Å². The van der Waals surface area contributed by atoms with Gasteiger partial charge >= 0.3 is 11.9 Å². The van der Waals surface area contributed by atoms with E-state index in [1.54, 1.807) is 12.1 Å². The Morgan fingerprint density at radius 2 is 2.00 bits per heavy atom. The van der Waals surface area contributed by atoms with Crippen LogP contribution < -0.4 is 5.56 Å². The predicted molar refractivity (Wildman–Crippen MR) is 120 cm³/mol. The van der Waals surface area contributed by atoms with E-state index in [4.69, 9.17) is 9.47 Å². The second-order valence-electron chi connectivity index (χ2n) is 7.59. The van der Waals surface area contributed by atoms with Crippen molar-refractivity contribution < 1.29 is 19.1 Å². The van der Waals surface area contributed by atoms with Gasteiger partial charge in [-0.15, -0.1) is 0 Å². The van der Waals surface area contributed by atoms with Crippen molar-refractivity contribution in [3.63, 3.8) is 0 Å². The lowest BCUT2D eigenvalue weighted by Crippen LogP contribution is -2.22. The van der Waals surface area contributed by atoms with Crippen LogP contribution >= 0.6 is 11.3 Å². The van der Waals surface area contributed by atoms with Crippen LogP contribution in [0.1, 0.15) is 55.6 Å². The number of esters is 2. The van der Waals surface area contributed by atoms with Crippen molar-refractivity contribution in [2.24, 2.45) is 0 Å². The number of fused-ring (bicyclic) bond motifs is 2. The molecule has 0 bridgehead atoms. The standard InChI is InChI=1S/C24H19N3O5S/c1-2-20-26-27-21(28)12-17(25-24(27)33-20)13-31-22(29)15-8-9-18-16(10-15)11-19(32-23(18)30)14-6-4-3-5-7-14/h3-10,12,19H,2,11,13H2,1H3/t19-/m0/s1. The Kier molecular flexibility index (Phi) is 5.47. The highest BCUT2D eigenvalue weighted by atomic mass is 32.1. The van der Waals surface area contributed by atoms with Crippen molar-refractivity contribution in [3.05, 3.63) is 97.9 Å². The van der Waals surface area contributed by atoms with Crippen LogP contribution in [-0.2, 0) is 28.9 Å². The van der Waals surface area contributed by atoms with Gasteiger partial charge in [0.2, 0.25) is 4.96 Å². The third kappa shape index (κ3) is 4.14. The molecule has 0 radical (unpaired) electrons. The summed E-state index contributed by atoms with van der Waals surface area (Å²) in [6, 6.07) is 15.6. The van der Waals surface area contributed by atoms with E-state index < -0.39 is 18.0 Å². The monoisotopic (exact) mass is 461 g/mol. The van der Waals surface area contributed by atoms with Gasteiger partial charge in [0.1, 0.15) is 17.7 Å². The molecule has 0 amide bonds. The summed E-state index contributed by atoms with van der Waals surface area (Å²) in [5.74, 6) is -0.979. The Bertz CT molecular complexity index is 1430. The lowest BCUT2D eigenvalue weighted by molar-refractivity contribution is 0.0251. The zero-order valence-corrected chi connectivity index (χ0v) is 18.5. The van der Waals surface area contributed by atoms with E-state index in [9.17, 15) is 14.4 Å². The molecule has 1 atom stereocenters. The number of rotatable bonds is 5. The zero-order valence-electron chi connectivity index (χ0n) is 17.7. The number of ether oxygens (including phenoxy) is 2. The molecule has 5 rings (SSSR count). The first kappa shape index (κ1) is 21.0. The third-order valence-corrected chi connectivity index (χ3v) is 6.43. The van der Waals surface area contributed by atoms with E-state index in [0.717, 1.165) is 16.1 Å². The van der Waals surface area contributed by atoms with Gasteiger partial charge in [-0.1, -0.05) is 48.6 Å². The molecule has 0 spiro atoms. The Morgan fingerprint density at radius 3 is 2.79 bits per heavy atom. The molecule has 0 saturated heterocycles. The largest absolute Gasteiger partial charge is 0.456 e. The molecule has 0 unspecified atom stereocenters. The van der Waals surface area contributed by atoms with Crippen LogP contribution in [0.15, 0.2) is 59.4 Å². The summed E-state index contributed by atoms with van der Waals surface area (Å²) in [7, 11) is 0. The van der Waals surface area contributed by atoms with E-state index in [2.05, 4.69) is 10.1 Å². The fourth-order valence-electron chi connectivity index (χ4n) is 3.71. The van der Waals surface area contributed by atoms with Crippen molar-refractivity contribution in [2.45, 2.75) is 32.5 Å². The van der Waals surface area contributed by atoms with Crippen LogP contribution in [0.5, 0.6) is 0 Å². The van der Waals surface area contributed by atoms with E-state index in [0.29, 0.717) is 34.6 Å². The van der Waals surface area contributed by atoms with Crippen LogP contribution in [0.2, 0.25) is 0 Å². The topological polar surface area (TPSA) is 99.9 Å². The zero-order chi connectivity index (χ0) is 22.9. The Hall–Kier alpha value is -3.85. The number of hydrogen-bond donors (Lipinski definition) is 0. The minimum Gasteiger partial charge on any atom is -0.456 e. The average Bonchev–Trinajstić information content (AvgIpc) is 3.27. The lowest BCUT2D eigenvalue weighted by Gasteiger charge is -2.25. The molecule has 8 nitrogen and oxygen atoms in total. The summed E-state index contributed by atoms with van der Waals surface area (Å²) in [4.78, 5) is 42.2. The summed E-state index contributed by atoms with van der Waals surface area (Å²) in [5.41, 5.74) is 2.41. The Morgan fingerprint density at radius 1 is 1.18 bits per heavy atom. The first-order valence-corrected chi connectivity index (χ1v) is 11.3. The molecule has 0 N–H and O–H groups in total. The van der Waals surface area contributed by atoms with Crippen LogP contribution in [-0.4, -0.2) is 26.5 Å². The molecule has 1 aliphatic heterocycles. The first-order chi connectivity index (χ1) is 16.0. The van der Waals surface area contributed by atoms with Crippen LogP contribution in [0.25, 0.3) is 4.96 Å². The molecule has 0 fully saturated rings. The number of carbonyl (C=O) groups is 2. The quantitative estimate of drug-likeness (QED) is 0.419. The summed E-state index contributed by atoms with van der Waals surface area (Å²) >= 11 is 1.33. The molecule has 1 aliphatic rings. The minimum atomic E-state index is -0.562. The molecule has 0 aliphatic carbocycles. The Balaban J connectivity index is 1.33. The molecule has 0 saturated carbocycles. The molecule has 3 heterocycles. The molecular formula is C24H19N3O5S. The molecule has 2 aromatic carbocycles. The number of aromatic nitrogens is 3. The van der Waals surface area contributed by atoms with Gasteiger partial charge in [-0.05, 0) is 35.7 Å². The van der Waals surface area contributed by atoms with Gasteiger partial charge in [0.25, 0.3) is 5.56 Å². The van der Waals surface area contributed by atoms with Crippen molar-refractivity contribution in [2.75, 3.05) is 0 Å². The molecule has 4 aromatic rings. The number of cyclic esters (lactones) is 1. The SMILES string of the molecule is CCc1nn2c(=O)cc(COC(=O)c3ccc4c(c3)C[C@@H](c3ccccc3)OC4=O)nc2s1. The molecule has 33 heavy (non-hydrogen) atoms. The highest BCUT2D eigenvalue weighted by Crippen LogP contribution is 2.31. The van der Waals surface area contributed by atoms with Crippen molar-refractivity contribution in [1.82, 2.24) is 14.6 Å². The fraction of sp³-hybridized carbons (Fsp3) is 0.208. The minimum absolute atomic E-state index is 0.143. The van der Waals surface area contributed by atoms with Crippen LogP contribution in [0.4, 0.5) is 0 Å². The molecule has 9 heteroatoms. The second kappa shape index (κ2) is 8.59. The maximum absolute atomic E-state index is 12.7. The van der Waals surface area contributed by atoms with E-state index in [1.165, 1.54) is 28.0 Å². The first-order valence-electron chi connectivity index (χ1n) is 10.5. The molecule has 166 valence electrons. The fourth-order valence-corrected chi connectivity index (χ4v) is 4.57. The number of carbonyl (C=O) groups excluding carboxylic acids is 2. The van der Waals surface area contributed by atoms with Crippen LogP contribution in [0, 0.1) is 0 Å². The summed E-state index contributed by atoms with van der Waals surface area (Å²) in [6.45, 7) is 1.81. The normalized spacial score (nSPS) is 15.2. The number of benzene rings is 2. The number of aryl methyl sites for hydroxylation is 1. The summed E-state index contributed by atoms with van der Waals surface area (Å²) < 4.78 is 12.2.